The van der Waals surface area contributed by atoms with Crippen LogP contribution < -0.4 is 16.0 Å². The first-order valence-corrected chi connectivity index (χ1v) is 12.3. The predicted molar refractivity (Wildman–Crippen MR) is 147 cm³/mol. The number of aliphatic imine (C=N–C) groups is 1. The Bertz CT molecular complexity index is 1540. The van der Waals surface area contributed by atoms with E-state index in [-0.39, 0.29) is 12.1 Å². The minimum Gasteiger partial charge on any atom is -0.478 e. The molecule has 38 heavy (non-hydrogen) atoms. The number of halogens is 2. The van der Waals surface area contributed by atoms with E-state index in [0.29, 0.717) is 58.0 Å². The lowest BCUT2D eigenvalue weighted by atomic mass is 9.94. The van der Waals surface area contributed by atoms with Gasteiger partial charge in [-0.25, -0.2) is 19.2 Å². The summed E-state index contributed by atoms with van der Waals surface area (Å²) in [5, 5.41) is 19.1. The number of benzene rings is 3. The van der Waals surface area contributed by atoms with Gasteiger partial charge < -0.3 is 21.1 Å². The highest BCUT2D eigenvalue weighted by atomic mass is 35.5. The van der Waals surface area contributed by atoms with Crippen LogP contribution in [0.1, 0.15) is 27.0 Å². The van der Waals surface area contributed by atoms with Crippen LogP contribution in [0, 0.1) is 5.82 Å². The van der Waals surface area contributed by atoms with Crippen LogP contribution in [-0.2, 0) is 6.54 Å². The minimum atomic E-state index is -1.00. The van der Waals surface area contributed by atoms with Crippen LogP contribution in [0.15, 0.2) is 71.9 Å². The smallest absolute Gasteiger partial charge is 0.335 e. The van der Waals surface area contributed by atoms with E-state index >= 15 is 4.39 Å². The molecule has 1 aliphatic rings. The van der Waals surface area contributed by atoms with Gasteiger partial charge in [-0.15, -0.1) is 0 Å². The molecule has 192 valence electrons. The first-order valence-electron chi connectivity index (χ1n) is 11.9. The van der Waals surface area contributed by atoms with Crippen molar-refractivity contribution >= 4 is 40.6 Å². The van der Waals surface area contributed by atoms with Crippen LogP contribution in [0.4, 0.5) is 21.7 Å². The highest BCUT2D eigenvalue weighted by Crippen LogP contribution is 2.35. The average molecular weight is 531 g/mol. The van der Waals surface area contributed by atoms with E-state index in [1.54, 1.807) is 36.5 Å². The maximum atomic E-state index is 15.3. The first-order chi connectivity index (χ1) is 18.4. The SMILES string of the molecule is CNCCNc1cccc(F)c1C1=NCc2cnc(Nc3ccc(C(=O)O)cc3)nc2-c2ccc(Cl)cc21. The van der Waals surface area contributed by atoms with Crippen molar-refractivity contribution in [3.05, 3.63) is 100.0 Å². The Kier molecular flexibility index (Phi) is 7.30. The molecule has 3 aromatic carbocycles. The third kappa shape index (κ3) is 5.20. The zero-order valence-corrected chi connectivity index (χ0v) is 21.2. The van der Waals surface area contributed by atoms with Gasteiger partial charge in [0, 0.05) is 52.4 Å². The number of likely N-dealkylation sites (N-methyl/N-ethyl adjacent to an activating group) is 1. The van der Waals surface area contributed by atoms with Crippen molar-refractivity contribution in [1.29, 1.82) is 0 Å². The van der Waals surface area contributed by atoms with Gasteiger partial charge in [-0.05, 0) is 55.6 Å². The topological polar surface area (TPSA) is 112 Å². The molecule has 0 radical (unpaired) electrons. The largest absolute Gasteiger partial charge is 0.478 e. The number of hydrogen-bond acceptors (Lipinski definition) is 7. The third-order valence-electron chi connectivity index (χ3n) is 6.09. The molecule has 0 fully saturated rings. The summed E-state index contributed by atoms with van der Waals surface area (Å²) >= 11 is 6.41. The molecule has 0 atom stereocenters. The molecule has 0 unspecified atom stereocenters. The number of carboxylic acid groups (broad SMARTS) is 1. The monoisotopic (exact) mass is 530 g/mol. The van der Waals surface area contributed by atoms with Crippen molar-refractivity contribution in [3.63, 3.8) is 0 Å². The van der Waals surface area contributed by atoms with Crippen LogP contribution in [0.3, 0.4) is 0 Å². The molecule has 4 N–H and O–H groups in total. The van der Waals surface area contributed by atoms with Gasteiger partial charge in [-0.3, -0.25) is 4.99 Å². The molecule has 10 heteroatoms. The second-order valence-electron chi connectivity index (χ2n) is 8.62. The second-order valence-corrected chi connectivity index (χ2v) is 9.06. The Labute approximate surface area is 223 Å². The quantitative estimate of drug-likeness (QED) is 0.227. The van der Waals surface area contributed by atoms with Gasteiger partial charge >= 0.3 is 5.97 Å². The highest BCUT2D eigenvalue weighted by molar-refractivity contribution is 6.32. The summed E-state index contributed by atoms with van der Waals surface area (Å²) < 4.78 is 15.3. The van der Waals surface area contributed by atoms with Gasteiger partial charge in [0.15, 0.2) is 0 Å². The van der Waals surface area contributed by atoms with Crippen LogP contribution in [0.25, 0.3) is 11.3 Å². The van der Waals surface area contributed by atoms with Crippen LogP contribution in [0.5, 0.6) is 0 Å². The Morgan fingerprint density at radius 1 is 1.08 bits per heavy atom. The number of aromatic carboxylic acids is 1. The van der Waals surface area contributed by atoms with Crippen LogP contribution >= 0.6 is 11.6 Å². The first kappa shape index (κ1) is 25.3. The normalized spacial score (nSPS) is 12.1. The molecule has 0 spiro atoms. The van der Waals surface area contributed by atoms with Crippen molar-refractivity contribution < 1.29 is 14.3 Å². The molecule has 1 aliphatic heterocycles. The molecule has 0 saturated carbocycles. The van der Waals surface area contributed by atoms with E-state index in [0.717, 1.165) is 11.1 Å². The van der Waals surface area contributed by atoms with Gasteiger partial charge in [0.2, 0.25) is 5.95 Å². The van der Waals surface area contributed by atoms with E-state index in [2.05, 4.69) is 20.9 Å². The maximum absolute atomic E-state index is 15.3. The van der Waals surface area contributed by atoms with Gasteiger partial charge in [-0.1, -0.05) is 23.7 Å². The van der Waals surface area contributed by atoms with Crippen molar-refractivity contribution in [2.45, 2.75) is 6.54 Å². The summed E-state index contributed by atoms with van der Waals surface area (Å²) in [6.45, 7) is 1.56. The van der Waals surface area contributed by atoms with Gasteiger partial charge in [0.25, 0.3) is 0 Å². The minimum absolute atomic E-state index is 0.182. The summed E-state index contributed by atoms with van der Waals surface area (Å²) in [4.78, 5) is 25.1. The third-order valence-corrected chi connectivity index (χ3v) is 6.33. The number of hydrogen-bond donors (Lipinski definition) is 4. The Hall–Kier alpha value is -4.34. The summed E-state index contributed by atoms with van der Waals surface area (Å²) in [7, 11) is 1.86. The predicted octanol–water partition coefficient (Wildman–Crippen LogP) is 5.36. The second kappa shape index (κ2) is 11.0. The number of carboxylic acids is 1. The fourth-order valence-corrected chi connectivity index (χ4v) is 4.43. The van der Waals surface area contributed by atoms with Gasteiger partial charge in [0.05, 0.1) is 29.1 Å². The van der Waals surface area contributed by atoms with Gasteiger partial charge in [0.1, 0.15) is 5.82 Å². The molecule has 4 aromatic rings. The summed E-state index contributed by atoms with van der Waals surface area (Å²) in [5.41, 5.74) is 5.13. The molecule has 0 saturated heterocycles. The lowest BCUT2D eigenvalue weighted by Crippen LogP contribution is -2.20. The molecular weight excluding hydrogens is 507 g/mol. The molecule has 0 bridgehead atoms. The zero-order chi connectivity index (χ0) is 26.6. The van der Waals surface area contributed by atoms with Crippen LogP contribution in [0.2, 0.25) is 5.02 Å². The molecule has 5 rings (SSSR count). The number of nitrogens with zero attached hydrogens (tertiary/aromatic N) is 3. The number of fused-ring (bicyclic) bond motifs is 3. The maximum Gasteiger partial charge on any atom is 0.335 e. The number of anilines is 3. The van der Waals surface area contributed by atoms with Crippen molar-refractivity contribution in [2.24, 2.45) is 4.99 Å². The van der Waals surface area contributed by atoms with Crippen molar-refractivity contribution in [1.82, 2.24) is 15.3 Å². The van der Waals surface area contributed by atoms with E-state index < -0.39 is 11.8 Å². The molecular formula is C28H24ClFN6O2. The Morgan fingerprint density at radius 2 is 1.89 bits per heavy atom. The van der Waals surface area contributed by atoms with E-state index in [1.807, 2.05) is 19.2 Å². The summed E-state index contributed by atoms with van der Waals surface area (Å²) in [6, 6.07) is 16.6. The van der Waals surface area contributed by atoms with E-state index in [9.17, 15) is 4.79 Å². The lowest BCUT2D eigenvalue weighted by molar-refractivity contribution is 0.0697. The zero-order valence-electron chi connectivity index (χ0n) is 20.4. The Balaban J connectivity index is 1.56. The van der Waals surface area contributed by atoms with E-state index in [1.165, 1.54) is 18.2 Å². The number of nitrogens with one attached hydrogen (secondary N) is 3. The highest BCUT2D eigenvalue weighted by Gasteiger charge is 2.25. The molecule has 0 amide bonds. The molecule has 1 aromatic heterocycles. The average Bonchev–Trinajstić information content (AvgIpc) is 3.06. The van der Waals surface area contributed by atoms with Crippen molar-refractivity contribution in [2.75, 3.05) is 30.8 Å². The fourth-order valence-electron chi connectivity index (χ4n) is 4.26. The molecule has 0 aliphatic carbocycles. The van der Waals surface area contributed by atoms with Gasteiger partial charge in [-0.2, -0.15) is 0 Å². The van der Waals surface area contributed by atoms with E-state index in [4.69, 9.17) is 26.7 Å². The number of rotatable bonds is 8. The van der Waals surface area contributed by atoms with Crippen molar-refractivity contribution in [3.8, 4) is 11.3 Å². The van der Waals surface area contributed by atoms with Crippen LogP contribution in [-0.4, -0.2) is 46.9 Å². The lowest BCUT2D eigenvalue weighted by Gasteiger charge is -2.17. The Morgan fingerprint density at radius 3 is 2.66 bits per heavy atom. The standard InChI is InChI=1S/C28H24ClFN6O2/c1-31-11-12-32-23-4-2-3-22(30)24(23)26-21-13-18(29)7-10-20(21)25-17(14-33-26)15-34-28(36-25)35-19-8-5-16(6-9-19)27(37)38/h2-10,13,15,31-32H,11-12,14H2,1H3,(H,37,38)(H,34,35,36). The molecule has 2 heterocycles. The summed E-state index contributed by atoms with van der Waals surface area (Å²) in [5.74, 6) is -1.07. The fraction of sp³-hybridized carbons (Fsp3) is 0.143. The summed E-state index contributed by atoms with van der Waals surface area (Å²) in [6.07, 6.45) is 1.69. The molecule has 8 nitrogen and oxygen atoms in total. The number of carbonyl (C=O) groups is 1. The number of aromatic nitrogens is 2.